The van der Waals surface area contributed by atoms with E-state index >= 15 is 0 Å². The Hall–Kier alpha value is -2.05. The molecule has 0 aromatic carbocycles. The van der Waals surface area contributed by atoms with E-state index in [0.717, 1.165) is 0 Å². The van der Waals surface area contributed by atoms with Gasteiger partial charge in [0.05, 0.1) is 11.8 Å². The van der Waals surface area contributed by atoms with Crippen molar-refractivity contribution >= 4 is 0 Å². The van der Waals surface area contributed by atoms with Crippen molar-refractivity contribution in [2.45, 2.75) is 31.6 Å². The Balaban J connectivity index is 1.50. The molecule has 2 aliphatic carbocycles. The van der Waals surface area contributed by atoms with E-state index in [9.17, 15) is 8.78 Å². The standard InChI is InChI=1S/C15H15F2N3O2/c16-12(17)7-21-9-4-8(5-18-6-9)14-19-20-15(22-14)13-10-2-1-3-11(10)13/h4-6,10-13H,1-3,7H2. The smallest absolute Gasteiger partial charge is 0.272 e. The van der Waals surface area contributed by atoms with Crippen LogP contribution in [-0.4, -0.2) is 28.2 Å². The Bertz CT molecular complexity index is 666. The van der Waals surface area contributed by atoms with Crippen molar-refractivity contribution < 1.29 is 17.9 Å². The second-order valence-electron chi connectivity index (χ2n) is 5.84. The fraction of sp³-hybridized carbons (Fsp3) is 0.533. The van der Waals surface area contributed by atoms with Gasteiger partial charge in [0.2, 0.25) is 11.8 Å². The maximum absolute atomic E-state index is 12.2. The number of pyridine rings is 1. The Morgan fingerprint density at radius 2 is 2.05 bits per heavy atom. The average molecular weight is 307 g/mol. The number of halogens is 2. The Kier molecular flexibility index (Phi) is 3.28. The summed E-state index contributed by atoms with van der Waals surface area (Å²) in [6.07, 6.45) is 4.19. The van der Waals surface area contributed by atoms with Gasteiger partial charge in [-0.3, -0.25) is 4.98 Å². The summed E-state index contributed by atoms with van der Waals surface area (Å²) in [4.78, 5) is 3.97. The van der Waals surface area contributed by atoms with Gasteiger partial charge in [0.1, 0.15) is 12.4 Å². The lowest BCUT2D eigenvalue weighted by atomic mass is 10.1. The van der Waals surface area contributed by atoms with Gasteiger partial charge in [-0.05, 0) is 30.7 Å². The summed E-state index contributed by atoms with van der Waals surface area (Å²) >= 11 is 0. The molecule has 2 unspecified atom stereocenters. The topological polar surface area (TPSA) is 61.0 Å². The molecule has 2 atom stereocenters. The molecule has 0 spiro atoms. The predicted octanol–water partition coefficient (Wildman–Crippen LogP) is 3.29. The number of nitrogens with zero attached hydrogens (tertiary/aromatic N) is 3. The predicted molar refractivity (Wildman–Crippen MR) is 72.6 cm³/mol. The molecule has 2 fully saturated rings. The zero-order chi connectivity index (χ0) is 15.1. The molecule has 5 nitrogen and oxygen atoms in total. The van der Waals surface area contributed by atoms with E-state index in [2.05, 4.69) is 15.2 Å². The minimum atomic E-state index is -2.52. The fourth-order valence-electron chi connectivity index (χ4n) is 3.45. The van der Waals surface area contributed by atoms with Crippen molar-refractivity contribution in [3.05, 3.63) is 24.4 Å². The first-order valence-corrected chi connectivity index (χ1v) is 7.42. The average Bonchev–Trinajstić information content (AvgIpc) is 2.94. The second kappa shape index (κ2) is 5.30. The van der Waals surface area contributed by atoms with Crippen LogP contribution in [0.1, 0.15) is 31.1 Å². The first-order chi connectivity index (χ1) is 10.7. The third-order valence-electron chi connectivity index (χ3n) is 4.47. The SMILES string of the molecule is FC(F)COc1cncc(-c2nnc(C3C4CCCC43)o2)c1. The van der Waals surface area contributed by atoms with Crippen molar-refractivity contribution in [1.82, 2.24) is 15.2 Å². The molecule has 0 aliphatic heterocycles. The van der Waals surface area contributed by atoms with E-state index in [1.807, 2.05) is 0 Å². The lowest BCUT2D eigenvalue weighted by Crippen LogP contribution is -2.07. The molecule has 2 aliphatic rings. The highest BCUT2D eigenvalue weighted by Crippen LogP contribution is 2.62. The van der Waals surface area contributed by atoms with Crippen LogP contribution < -0.4 is 4.74 Å². The molecule has 22 heavy (non-hydrogen) atoms. The lowest BCUT2D eigenvalue weighted by molar-refractivity contribution is 0.0817. The highest BCUT2D eigenvalue weighted by atomic mass is 19.3. The number of hydrogen-bond acceptors (Lipinski definition) is 5. The summed E-state index contributed by atoms with van der Waals surface area (Å²) < 4.78 is 35.0. The molecular formula is C15H15F2N3O2. The van der Waals surface area contributed by atoms with Crippen molar-refractivity contribution in [3.8, 4) is 17.2 Å². The molecule has 2 heterocycles. The molecule has 0 bridgehead atoms. The third kappa shape index (κ3) is 2.44. The van der Waals surface area contributed by atoms with E-state index in [1.165, 1.54) is 25.5 Å². The normalized spacial score (nSPS) is 26.2. The summed E-state index contributed by atoms with van der Waals surface area (Å²) in [5.41, 5.74) is 0.580. The van der Waals surface area contributed by atoms with E-state index < -0.39 is 13.0 Å². The number of ether oxygens (including phenoxy) is 1. The van der Waals surface area contributed by atoms with Crippen LogP contribution in [0.2, 0.25) is 0 Å². The number of alkyl halides is 2. The minimum Gasteiger partial charge on any atom is -0.486 e. The Morgan fingerprint density at radius 3 is 2.82 bits per heavy atom. The third-order valence-corrected chi connectivity index (χ3v) is 4.47. The number of fused-ring (bicyclic) bond motifs is 1. The van der Waals surface area contributed by atoms with Crippen LogP contribution in [0, 0.1) is 11.8 Å². The molecule has 2 aromatic heterocycles. The summed E-state index contributed by atoms with van der Waals surface area (Å²) in [6.45, 7) is -0.661. The van der Waals surface area contributed by atoms with E-state index in [0.29, 0.717) is 35.1 Å². The van der Waals surface area contributed by atoms with Gasteiger partial charge in [-0.2, -0.15) is 0 Å². The van der Waals surface area contributed by atoms with E-state index in [-0.39, 0.29) is 5.75 Å². The maximum Gasteiger partial charge on any atom is 0.272 e. The molecular weight excluding hydrogens is 292 g/mol. The van der Waals surface area contributed by atoms with Gasteiger partial charge in [-0.1, -0.05) is 6.42 Å². The molecule has 2 saturated carbocycles. The Morgan fingerprint density at radius 1 is 1.23 bits per heavy atom. The van der Waals surface area contributed by atoms with E-state index in [4.69, 9.17) is 9.15 Å². The van der Waals surface area contributed by atoms with Crippen molar-refractivity contribution in [2.24, 2.45) is 11.8 Å². The van der Waals surface area contributed by atoms with Crippen LogP contribution in [0.25, 0.3) is 11.5 Å². The zero-order valence-electron chi connectivity index (χ0n) is 11.8. The van der Waals surface area contributed by atoms with Crippen molar-refractivity contribution in [3.63, 3.8) is 0 Å². The summed E-state index contributed by atoms with van der Waals surface area (Å²) in [5, 5.41) is 8.19. The van der Waals surface area contributed by atoms with Gasteiger partial charge < -0.3 is 9.15 Å². The largest absolute Gasteiger partial charge is 0.486 e. The van der Waals surface area contributed by atoms with Crippen LogP contribution in [-0.2, 0) is 0 Å². The van der Waals surface area contributed by atoms with Crippen LogP contribution in [0.4, 0.5) is 8.78 Å². The molecule has 4 rings (SSSR count). The number of aromatic nitrogens is 3. The quantitative estimate of drug-likeness (QED) is 0.848. The fourth-order valence-corrected chi connectivity index (χ4v) is 3.45. The van der Waals surface area contributed by atoms with Gasteiger partial charge in [0.15, 0.2) is 0 Å². The molecule has 0 N–H and O–H groups in total. The summed E-state index contributed by atoms with van der Waals surface area (Å²) in [5.74, 6) is 3.11. The summed E-state index contributed by atoms with van der Waals surface area (Å²) in [6, 6.07) is 1.58. The molecule has 0 amide bonds. The zero-order valence-corrected chi connectivity index (χ0v) is 11.8. The maximum atomic E-state index is 12.2. The molecule has 0 radical (unpaired) electrons. The number of hydrogen-bond donors (Lipinski definition) is 0. The van der Waals surface area contributed by atoms with Crippen molar-refractivity contribution in [2.75, 3.05) is 6.61 Å². The first-order valence-electron chi connectivity index (χ1n) is 7.42. The van der Waals surface area contributed by atoms with Gasteiger partial charge in [-0.15, -0.1) is 10.2 Å². The molecule has 116 valence electrons. The molecule has 2 aromatic rings. The molecule has 7 heteroatoms. The van der Waals surface area contributed by atoms with Crippen LogP contribution >= 0.6 is 0 Å². The number of rotatable bonds is 5. The monoisotopic (exact) mass is 307 g/mol. The highest BCUT2D eigenvalue weighted by Gasteiger charge is 2.56. The molecule has 0 saturated heterocycles. The van der Waals surface area contributed by atoms with Crippen LogP contribution in [0.3, 0.4) is 0 Å². The lowest BCUT2D eigenvalue weighted by Gasteiger charge is -2.05. The van der Waals surface area contributed by atoms with Crippen LogP contribution in [0.5, 0.6) is 5.75 Å². The van der Waals surface area contributed by atoms with Gasteiger partial charge in [0.25, 0.3) is 6.43 Å². The Labute approximate surface area is 125 Å². The van der Waals surface area contributed by atoms with Crippen LogP contribution in [0.15, 0.2) is 22.9 Å². The van der Waals surface area contributed by atoms with Gasteiger partial charge in [0, 0.05) is 12.1 Å². The first kappa shape index (κ1) is 13.6. The minimum absolute atomic E-state index is 0.265. The highest BCUT2D eigenvalue weighted by molar-refractivity contribution is 5.53. The second-order valence-corrected chi connectivity index (χ2v) is 5.84. The van der Waals surface area contributed by atoms with E-state index in [1.54, 1.807) is 12.3 Å². The van der Waals surface area contributed by atoms with Gasteiger partial charge in [-0.25, -0.2) is 8.78 Å². The summed E-state index contributed by atoms with van der Waals surface area (Å²) in [7, 11) is 0. The van der Waals surface area contributed by atoms with Crippen molar-refractivity contribution in [1.29, 1.82) is 0 Å². The van der Waals surface area contributed by atoms with Gasteiger partial charge >= 0.3 is 0 Å².